The van der Waals surface area contributed by atoms with E-state index in [0.717, 1.165) is 0 Å². The van der Waals surface area contributed by atoms with Crippen molar-refractivity contribution in [3.63, 3.8) is 0 Å². The predicted molar refractivity (Wildman–Crippen MR) is 174 cm³/mol. The average Bonchev–Trinajstić information content (AvgIpc) is 2.93. The molecule has 0 saturated heterocycles. The van der Waals surface area contributed by atoms with Crippen molar-refractivity contribution in [2.24, 2.45) is 0 Å². The van der Waals surface area contributed by atoms with Gasteiger partial charge in [0.2, 0.25) is 0 Å². The first-order valence-electron chi connectivity index (χ1n) is 17.6. The van der Waals surface area contributed by atoms with Gasteiger partial charge in [-0.15, -0.1) is 13.2 Å². The first-order valence-corrected chi connectivity index (χ1v) is 17.6. The summed E-state index contributed by atoms with van der Waals surface area (Å²) in [6.45, 7) is 13.1. The summed E-state index contributed by atoms with van der Waals surface area (Å²) in [6, 6.07) is 0. The van der Waals surface area contributed by atoms with Gasteiger partial charge in [-0.3, -0.25) is 0 Å². The highest BCUT2D eigenvalue weighted by Gasteiger charge is 1.96. The molecule has 1 N–H and O–H groups in total. The molecule has 0 aromatic heterocycles. The van der Waals surface area contributed by atoms with Crippen molar-refractivity contribution in [1.29, 1.82) is 0 Å². The third-order valence-corrected chi connectivity index (χ3v) is 7.91. The summed E-state index contributed by atoms with van der Waals surface area (Å²) in [4.78, 5) is 0. The van der Waals surface area contributed by atoms with Crippen LogP contribution in [-0.2, 0) is 0 Å². The fourth-order valence-corrected chi connectivity index (χ4v) is 5.37. The Morgan fingerprint density at radius 3 is 0.622 bits per heavy atom. The number of rotatable bonds is 32. The topological polar surface area (TPSA) is 12.0 Å². The standard InChI is InChI=1S/C34H71N.C2H4/c1-3-5-7-9-11-13-15-17-19-21-23-25-27-29-31-33-35-34-32-30-28-26-24-22-20-18-16-14-12-10-8-6-4-2;1-2/h35H,3-34H2,1-2H3;1-2H2. The maximum Gasteiger partial charge on any atom is -0.00489 e. The van der Waals surface area contributed by atoms with Gasteiger partial charge in [-0.1, -0.05) is 194 Å². The van der Waals surface area contributed by atoms with E-state index in [9.17, 15) is 0 Å². The van der Waals surface area contributed by atoms with Gasteiger partial charge in [-0.25, -0.2) is 0 Å². The normalized spacial score (nSPS) is 11.0. The van der Waals surface area contributed by atoms with E-state index in [-0.39, 0.29) is 0 Å². The van der Waals surface area contributed by atoms with E-state index in [0.29, 0.717) is 0 Å². The van der Waals surface area contributed by atoms with Gasteiger partial charge in [0.1, 0.15) is 0 Å². The van der Waals surface area contributed by atoms with Crippen LogP contribution in [-0.4, -0.2) is 13.1 Å². The minimum absolute atomic E-state index is 1.25. The quantitative estimate of drug-likeness (QED) is 0.0685. The lowest BCUT2D eigenvalue weighted by Gasteiger charge is -2.06. The van der Waals surface area contributed by atoms with Crippen LogP contribution in [0, 0.1) is 0 Å². The molecule has 0 fully saturated rings. The van der Waals surface area contributed by atoms with Gasteiger partial charge in [0.15, 0.2) is 0 Å². The van der Waals surface area contributed by atoms with E-state index in [1.54, 1.807) is 0 Å². The number of hydrogen-bond donors (Lipinski definition) is 1. The summed E-state index contributed by atoms with van der Waals surface area (Å²) in [5, 5.41) is 3.68. The molecule has 0 aromatic carbocycles. The van der Waals surface area contributed by atoms with Gasteiger partial charge in [-0.05, 0) is 25.9 Å². The molecule has 0 rings (SSSR count). The van der Waals surface area contributed by atoms with Crippen LogP contribution in [0.5, 0.6) is 0 Å². The number of unbranched alkanes of at least 4 members (excludes halogenated alkanes) is 28. The van der Waals surface area contributed by atoms with Crippen LogP contribution in [0.15, 0.2) is 13.2 Å². The highest BCUT2D eigenvalue weighted by Crippen LogP contribution is 2.14. The highest BCUT2D eigenvalue weighted by molar-refractivity contribution is 4.54. The Morgan fingerprint density at radius 1 is 0.270 bits per heavy atom. The van der Waals surface area contributed by atoms with Gasteiger partial charge in [0.05, 0.1) is 0 Å². The summed E-state index contributed by atoms with van der Waals surface area (Å²) in [7, 11) is 0. The lowest BCUT2D eigenvalue weighted by Crippen LogP contribution is -2.16. The Morgan fingerprint density at radius 2 is 0.432 bits per heavy atom. The third kappa shape index (κ3) is 40.3. The van der Waals surface area contributed by atoms with E-state index >= 15 is 0 Å². The van der Waals surface area contributed by atoms with Gasteiger partial charge in [-0.2, -0.15) is 0 Å². The van der Waals surface area contributed by atoms with Crippen molar-refractivity contribution < 1.29 is 0 Å². The first kappa shape index (κ1) is 38.8. The van der Waals surface area contributed by atoms with Crippen molar-refractivity contribution >= 4 is 0 Å². The molecule has 224 valence electrons. The summed E-state index contributed by atoms with van der Waals surface area (Å²) in [5.74, 6) is 0. The van der Waals surface area contributed by atoms with Crippen LogP contribution in [0.4, 0.5) is 0 Å². The Hall–Kier alpha value is -0.300. The lowest BCUT2D eigenvalue weighted by atomic mass is 10.0. The minimum atomic E-state index is 1.25. The average molecular weight is 522 g/mol. The molecule has 0 heterocycles. The Labute approximate surface area is 237 Å². The van der Waals surface area contributed by atoms with Crippen molar-refractivity contribution in [2.45, 2.75) is 206 Å². The largest absolute Gasteiger partial charge is 0.317 e. The second-order valence-electron chi connectivity index (χ2n) is 11.6. The summed E-state index contributed by atoms with van der Waals surface area (Å²) < 4.78 is 0. The molecule has 0 saturated carbocycles. The van der Waals surface area contributed by atoms with Gasteiger partial charge in [0.25, 0.3) is 0 Å². The van der Waals surface area contributed by atoms with Gasteiger partial charge < -0.3 is 5.32 Å². The molecule has 0 unspecified atom stereocenters. The van der Waals surface area contributed by atoms with Crippen LogP contribution in [0.1, 0.15) is 206 Å². The second-order valence-corrected chi connectivity index (χ2v) is 11.6. The van der Waals surface area contributed by atoms with E-state index in [1.807, 2.05) is 0 Å². The molecule has 1 heteroatoms. The highest BCUT2D eigenvalue weighted by atomic mass is 14.8. The zero-order valence-electron chi connectivity index (χ0n) is 26.5. The molecule has 1 nitrogen and oxygen atoms in total. The monoisotopic (exact) mass is 522 g/mol. The van der Waals surface area contributed by atoms with Crippen molar-refractivity contribution in [2.75, 3.05) is 13.1 Å². The summed E-state index contributed by atoms with van der Waals surface area (Å²) in [5.41, 5.74) is 0. The Bertz CT molecular complexity index is 321. The molecule has 0 aromatic rings. The Kier molecular flexibility index (Phi) is 42.2. The fourth-order valence-electron chi connectivity index (χ4n) is 5.37. The van der Waals surface area contributed by atoms with E-state index in [4.69, 9.17) is 0 Å². The SMILES string of the molecule is C=C.CCCCCCCCCCCCCCCCCNCCCCCCCCCCCCCCCCC. The van der Waals surface area contributed by atoms with Crippen LogP contribution >= 0.6 is 0 Å². The van der Waals surface area contributed by atoms with Crippen molar-refractivity contribution in [3.8, 4) is 0 Å². The molecule has 0 aliphatic carbocycles. The molecule has 0 radical (unpaired) electrons. The Balaban J connectivity index is 0. The molecule has 0 aliphatic heterocycles. The van der Waals surface area contributed by atoms with Crippen molar-refractivity contribution in [3.05, 3.63) is 13.2 Å². The molecule has 37 heavy (non-hydrogen) atoms. The van der Waals surface area contributed by atoms with Crippen LogP contribution < -0.4 is 5.32 Å². The van der Waals surface area contributed by atoms with E-state index in [2.05, 4.69) is 32.3 Å². The molecule has 0 atom stereocenters. The van der Waals surface area contributed by atoms with E-state index in [1.165, 1.54) is 206 Å². The van der Waals surface area contributed by atoms with Crippen LogP contribution in [0.2, 0.25) is 0 Å². The molecule has 0 bridgehead atoms. The number of nitrogens with one attached hydrogen (secondary N) is 1. The number of hydrogen-bond acceptors (Lipinski definition) is 1. The summed E-state index contributed by atoms with van der Waals surface area (Å²) >= 11 is 0. The van der Waals surface area contributed by atoms with Gasteiger partial charge >= 0.3 is 0 Å². The maximum atomic E-state index is 3.68. The predicted octanol–water partition coefficient (Wildman–Crippen LogP) is 13.1. The molecule has 0 aliphatic rings. The maximum absolute atomic E-state index is 3.68. The van der Waals surface area contributed by atoms with E-state index < -0.39 is 0 Å². The minimum Gasteiger partial charge on any atom is -0.317 e. The van der Waals surface area contributed by atoms with Crippen molar-refractivity contribution in [1.82, 2.24) is 5.32 Å². The smallest absolute Gasteiger partial charge is 0.00489 e. The lowest BCUT2D eigenvalue weighted by molar-refractivity contribution is 0.516. The van der Waals surface area contributed by atoms with Gasteiger partial charge in [0, 0.05) is 0 Å². The third-order valence-electron chi connectivity index (χ3n) is 7.91. The molecule has 0 spiro atoms. The zero-order valence-corrected chi connectivity index (χ0v) is 26.5. The first-order chi connectivity index (χ1) is 18.4. The molecular weight excluding hydrogens is 446 g/mol. The van der Waals surface area contributed by atoms with Crippen LogP contribution in [0.3, 0.4) is 0 Å². The molecule has 0 amide bonds. The zero-order chi connectivity index (χ0) is 27.3. The summed E-state index contributed by atoms with van der Waals surface area (Å²) in [6.07, 6.45) is 43.7. The fraction of sp³-hybridized carbons (Fsp3) is 0.944. The second kappa shape index (κ2) is 40.2. The van der Waals surface area contributed by atoms with Crippen LogP contribution in [0.25, 0.3) is 0 Å². The molecular formula is C36H75N.